The number of aromatic nitrogens is 3. The number of rotatable bonds is 6. The van der Waals surface area contributed by atoms with Gasteiger partial charge in [0.1, 0.15) is 11.5 Å². The number of carbonyl (C=O) groups excluding carboxylic acids is 1. The van der Waals surface area contributed by atoms with Crippen molar-refractivity contribution in [2.24, 2.45) is 0 Å². The molecule has 0 unspecified atom stereocenters. The second-order valence-corrected chi connectivity index (χ2v) is 6.43. The van der Waals surface area contributed by atoms with Gasteiger partial charge in [-0.2, -0.15) is 13.2 Å². The van der Waals surface area contributed by atoms with Gasteiger partial charge in [-0.25, -0.2) is 4.39 Å². The molecule has 0 fully saturated rings. The van der Waals surface area contributed by atoms with Crippen LogP contribution in [0.25, 0.3) is 11.4 Å². The van der Waals surface area contributed by atoms with Gasteiger partial charge in [0, 0.05) is 24.9 Å². The summed E-state index contributed by atoms with van der Waals surface area (Å²) in [5, 5.41) is 10.2. The maximum Gasteiger partial charge on any atom is 0.416 e. The Morgan fingerprint density at radius 3 is 2.47 bits per heavy atom. The molecule has 3 aromatic rings. The van der Waals surface area contributed by atoms with Crippen molar-refractivity contribution in [2.75, 3.05) is 0 Å². The van der Waals surface area contributed by atoms with Crippen LogP contribution in [0.5, 0.6) is 0 Å². The van der Waals surface area contributed by atoms with Gasteiger partial charge in [-0.3, -0.25) is 9.59 Å². The molecule has 10 heteroatoms. The highest BCUT2D eigenvalue weighted by Gasteiger charge is 2.30. The normalized spacial score (nSPS) is 11.3. The number of H-pyrrole nitrogens is 1. The number of amides is 1. The molecule has 0 saturated heterocycles. The fraction of sp³-hybridized carbons (Fsp3) is 0.200. The summed E-state index contributed by atoms with van der Waals surface area (Å²) in [5.74, 6) is -0.824. The van der Waals surface area contributed by atoms with Crippen molar-refractivity contribution in [2.45, 2.75) is 25.6 Å². The highest BCUT2D eigenvalue weighted by Crippen LogP contribution is 2.31. The molecule has 0 spiro atoms. The Hall–Kier alpha value is -3.56. The lowest BCUT2D eigenvalue weighted by Crippen LogP contribution is -2.25. The lowest BCUT2D eigenvalue weighted by molar-refractivity contribution is -0.137. The van der Waals surface area contributed by atoms with Crippen molar-refractivity contribution in [3.05, 3.63) is 81.5 Å². The van der Waals surface area contributed by atoms with E-state index in [2.05, 4.69) is 20.5 Å². The van der Waals surface area contributed by atoms with Crippen LogP contribution in [0.15, 0.2) is 53.3 Å². The molecule has 0 aliphatic rings. The van der Waals surface area contributed by atoms with Crippen molar-refractivity contribution < 1.29 is 22.4 Å². The van der Waals surface area contributed by atoms with E-state index in [1.54, 1.807) is 0 Å². The molecule has 1 heterocycles. The number of benzene rings is 2. The molecule has 3 rings (SSSR count). The minimum absolute atomic E-state index is 0.000452. The lowest BCUT2D eigenvalue weighted by Gasteiger charge is -2.08. The van der Waals surface area contributed by atoms with Crippen molar-refractivity contribution in [1.29, 1.82) is 0 Å². The van der Waals surface area contributed by atoms with Gasteiger partial charge in [0.25, 0.3) is 5.56 Å². The molecule has 0 radical (unpaired) electrons. The predicted octanol–water partition coefficient (Wildman–Crippen LogP) is 3.24. The molecule has 6 nitrogen and oxygen atoms in total. The summed E-state index contributed by atoms with van der Waals surface area (Å²) in [6, 6.07) is 9.99. The first-order valence-electron chi connectivity index (χ1n) is 8.87. The highest BCUT2D eigenvalue weighted by atomic mass is 19.4. The summed E-state index contributed by atoms with van der Waals surface area (Å²) < 4.78 is 51.3. The third-order valence-electron chi connectivity index (χ3n) is 4.22. The Bertz CT molecular complexity index is 1090. The summed E-state index contributed by atoms with van der Waals surface area (Å²) >= 11 is 0. The minimum atomic E-state index is -4.52. The van der Waals surface area contributed by atoms with Crippen molar-refractivity contribution in [3.8, 4) is 11.4 Å². The van der Waals surface area contributed by atoms with E-state index in [0.717, 1.165) is 12.1 Å². The molecule has 1 amide bonds. The second kappa shape index (κ2) is 8.85. The van der Waals surface area contributed by atoms with Crippen molar-refractivity contribution in [1.82, 2.24) is 20.5 Å². The van der Waals surface area contributed by atoms with Gasteiger partial charge in [0.05, 0.1) is 5.56 Å². The Morgan fingerprint density at radius 1 is 1.07 bits per heavy atom. The van der Waals surface area contributed by atoms with Crippen LogP contribution in [0, 0.1) is 5.82 Å². The molecule has 0 aliphatic heterocycles. The van der Waals surface area contributed by atoms with Crippen LogP contribution in [-0.4, -0.2) is 21.1 Å². The summed E-state index contributed by atoms with van der Waals surface area (Å²) in [5.41, 5.74) is -0.734. The fourth-order valence-corrected chi connectivity index (χ4v) is 2.62. The van der Waals surface area contributed by atoms with Gasteiger partial charge < -0.3 is 10.3 Å². The summed E-state index contributed by atoms with van der Waals surface area (Å²) in [7, 11) is 0. The van der Waals surface area contributed by atoms with E-state index in [9.17, 15) is 27.2 Å². The molecule has 0 bridgehead atoms. The third kappa shape index (κ3) is 5.49. The number of hydrogen-bond acceptors (Lipinski definition) is 4. The van der Waals surface area contributed by atoms with E-state index in [0.29, 0.717) is 5.56 Å². The summed E-state index contributed by atoms with van der Waals surface area (Å²) in [6.45, 7) is 0.204. The summed E-state index contributed by atoms with van der Waals surface area (Å²) in [6.07, 6.45) is -4.56. The van der Waals surface area contributed by atoms with Gasteiger partial charge >= 0.3 is 6.18 Å². The Balaban J connectivity index is 1.61. The van der Waals surface area contributed by atoms with E-state index >= 15 is 0 Å². The van der Waals surface area contributed by atoms with Crippen LogP contribution < -0.4 is 10.9 Å². The number of carbonyl (C=O) groups is 1. The average Bonchev–Trinajstić information content (AvgIpc) is 2.72. The number of alkyl halides is 3. The average molecular weight is 420 g/mol. The van der Waals surface area contributed by atoms with Crippen LogP contribution >= 0.6 is 0 Å². The Morgan fingerprint density at radius 2 is 1.80 bits per heavy atom. The van der Waals surface area contributed by atoms with Crippen molar-refractivity contribution >= 4 is 5.91 Å². The molecular weight excluding hydrogens is 404 g/mol. The molecule has 0 atom stereocenters. The predicted molar refractivity (Wildman–Crippen MR) is 99.7 cm³/mol. The largest absolute Gasteiger partial charge is 0.416 e. The molecule has 1 aromatic heterocycles. The molecule has 0 saturated carbocycles. The molecule has 0 aliphatic carbocycles. The van der Waals surface area contributed by atoms with Crippen LogP contribution in [0.3, 0.4) is 0 Å². The minimum Gasteiger partial charge on any atom is -0.352 e. The SMILES string of the molecule is O=C(CCc1nnc(-c2cccc(C(F)(F)F)c2)[nH]c1=O)NCc1ccc(F)cc1. The van der Waals surface area contributed by atoms with E-state index in [-0.39, 0.29) is 48.2 Å². The van der Waals surface area contributed by atoms with Crippen LogP contribution in [0.2, 0.25) is 0 Å². The maximum absolute atomic E-state index is 12.9. The zero-order valence-electron chi connectivity index (χ0n) is 15.5. The monoisotopic (exact) mass is 420 g/mol. The smallest absolute Gasteiger partial charge is 0.352 e. The summed E-state index contributed by atoms with van der Waals surface area (Å²) in [4.78, 5) is 26.5. The van der Waals surface area contributed by atoms with E-state index in [1.165, 1.54) is 36.4 Å². The highest BCUT2D eigenvalue weighted by molar-refractivity contribution is 5.76. The number of nitrogens with zero attached hydrogens (tertiary/aromatic N) is 2. The zero-order valence-corrected chi connectivity index (χ0v) is 15.5. The van der Waals surface area contributed by atoms with Crippen LogP contribution in [-0.2, 0) is 23.9 Å². The molecule has 2 N–H and O–H groups in total. The number of aromatic amines is 1. The van der Waals surface area contributed by atoms with Gasteiger partial charge in [-0.05, 0) is 29.8 Å². The van der Waals surface area contributed by atoms with Gasteiger partial charge in [0.15, 0.2) is 5.82 Å². The van der Waals surface area contributed by atoms with E-state index < -0.39 is 17.3 Å². The topological polar surface area (TPSA) is 87.7 Å². The molecular formula is C20H16F4N4O2. The first-order chi connectivity index (χ1) is 14.2. The standard InChI is InChI=1S/C20H16F4N4O2/c21-15-6-4-12(5-7-15)11-25-17(29)9-8-16-19(30)26-18(28-27-16)13-2-1-3-14(10-13)20(22,23)24/h1-7,10H,8-9,11H2,(H,25,29)(H,26,28,30). The first kappa shape index (κ1) is 21.2. The molecule has 2 aromatic carbocycles. The second-order valence-electron chi connectivity index (χ2n) is 6.43. The molecule has 30 heavy (non-hydrogen) atoms. The fourth-order valence-electron chi connectivity index (χ4n) is 2.62. The number of hydrogen-bond donors (Lipinski definition) is 2. The van der Waals surface area contributed by atoms with E-state index in [1.807, 2.05) is 0 Å². The number of halogens is 4. The Labute approximate surface area is 168 Å². The van der Waals surface area contributed by atoms with Crippen LogP contribution in [0.1, 0.15) is 23.2 Å². The van der Waals surface area contributed by atoms with Gasteiger partial charge in [-0.1, -0.05) is 24.3 Å². The number of nitrogens with one attached hydrogen (secondary N) is 2. The lowest BCUT2D eigenvalue weighted by atomic mass is 10.1. The Kier molecular flexibility index (Phi) is 6.24. The van der Waals surface area contributed by atoms with Crippen LogP contribution in [0.4, 0.5) is 17.6 Å². The first-order valence-corrected chi connectivity index (χ1v) is 8.87. The van der Waals surface area contributed by atoms with Gasteiger partial charge in [-0.15, -0.1) is 10.2 Å². The molecule has 156 valence electrons. The number of aryl methyl sites for hydroxylation is 1. The van der Waals surface area contributed by atoms with E-state index in [4.69, 9.17) is 0 Å². The third-order valence-corrected chi connectivity index (χ3v) is 4.22. The van der Waals surface area contributed by atoms with Gasteiger partial charge in [0.2, 0.25) is 5.91 Å². The quantitative estimate of drug-likeness (QED) is 0.600. The maximum atomic E-state index is 12.9. The van der Waals surface area contributed by atoms with Crippen molar-refractivity contribution in [3.63, 3.8) is 0 Å². The zero-order chi connectivity index (χ0) is 21.7.